The van der Waals surface area contributed by atoms with Gasteiger partial charge in [0.2, 0.25) is 0 Å². The van der Waals surface area contributed by atoms with Gasteiger partial charge in [-0.05, 0) is 30.3 Å². The molecule has 4 rings (SSSR count). The number of fused-ring (bicyclic) bond motifs is 1. The molecule has 0 bridgehead atoms. The Morgan fingerprint density at radius 3 is 2.77 bits per heavy atom. The van der Waals surface area contributed by atoms with Crippen LogP contribution in [0.15, 0.2) is 47.8 Å². The van der Waals surface area contributed by atoms with Gasteiger partial charge in [-0.1, -0.05) is 12.1 Å². The third kappa shape index (κ3) is 3.15. The van der Waals surface area contributed by atoms with Gasteiger partial charge in [0.05, 0.1) is 16.9 Å². The summed E-state index contributed by atoms with van der Waals surface area (Å²) >= 11 is 1.26. The molecule has 2 aromatic carbocycles. The molecule has 26 heavy (non-hydrogen) atoms. The zero-order valence-electron chi connectivity index (χ0n) is 13.1. The minimum absolute atomic E-state index is 0.0251. The summed E-state index contributed by atoms with van der Waals surface area (Å²) in [6, 6.07) is 10.3. The highest BCUT2D eigenvalue weighted by molar-refractivity contribution is 7.13. The topological polar surface area (TPSA) is 51.2 Å². The fraction of sp³-hybridized carbons (Fsp3) is 0.111. The predicted octanol–water partition coefficient (Wildman–Crippen LogP) is 4.83. The van der Waals surface area contributed by atoms with Gasteiger partial charge in [-0.15, -0.1) is 11.3 Å². The number of carbonyl (C=O) groups is 1. The fourth-order valence-corrected chi connectivity index (χ4v) is 3.44. The highest BCUT2D eigenvalue weighted by atomic mass is 32.1. The van der Waals surface area contributed by atoms with Crippen molar-refractivity contribution < 1.29 is 22.7 Å². The number of ether oxygens (including phenoxy) is 1. The van der Waals surface area contributed by atoms with Gasteiger partial charge < -0.3 is 10.1 Å². The Balaban J connectivity index is 1.67. The summed E-state index contributed by atoms with van der Waals surface area (Å²) in [6.45, 7) is -0.0251. The lowest BCUT2D eigenvalue weighted by Gasteiger charge is -2.18. The van der Waals surface area contributed by atoms with E-state index in [4.69, 9.17) is 4.74 Å². The quantitative estimate of drug-likeness (QED) is 0.697. The van der Waals surface area contributed by atoms with Crippen molar-refractivity contribution in [2.24, 2.45) is 0 Å². The zero-order valence-corrected chi connectivity index (χ0v) is 13.9. The van der Waals surface area contributed by atoms with Crippen molar-refractivity contribution in [1.82, 2.24) is 4.98 Å². The molecule has 2 heterocycles. The minimum Gasteiger partial charge on any atom is -0.482 e. The molecule has 0 unspecified atom stereocenters. The lowest BCUT2D eigenvalue weighted by molar-refractivity contribution is -0.137. The van der Waals surface area contributed by atoms with Crippen LogP contribution >= 0.6 is 11.3 Å². The van der Waals surface area contributed by atoms with E-state index in [0.717, 1.165) is 17.7 Å². The normalized spacial score (nSPS) is 13.7. The Hall–Kier alpha value is -2.87. The van der Waals surface area contributed by atoms with Crippen LogP contribution in [0.4, 0.5) is 18.9 Å². The van der Waals surface area contributed by atoms with Crippen molar-refractivity contribution >= 4 is 22.9 Å². The lowest BCUT2D eigenvalue weighted by Crippen LogP contribution is -2.25. The van der Waals surface area contributed by atoms with Crippen molar-refractivity contribution in [2.75, 3.05) is 11.9 Å². The molecule has 0 aliphatic carbocycles. The van der Waals surface area contributed by atoms with Crippen LogP contribution in [-0.4, -0.2) is 17.5 Å². The van der Waals surface area contributed by atoms with Gasteiger partial charge in [0.15, 0.2) is 6.61 Å². The summed E-state index contributed by atoms with van der Waals surface area (Å²) < 4.78 is 44.0. The second-order valence-electron chi connectivity index (χ2n) is 5.66. The number of thiazole rings is 1. The average Bonchev–Trinajstić information content (AvgIpc) is 3.10. The van der Waals surface area contributed by atoms with Crippen LogP contribution in [0.2, 0.25) is 0 Å². The molecule has 0 fully saturated rings. The van der Waals surface area contributed by atoms with E-state index in [2.05, 4.69) is 10.3 Å². The van der Waals surface area contributed by atoms with Crippen LogP contribution < -0.4 is 10.1 Å². The molecule has 4 nitrogen and oxygen atoms in total. The Kier molecular flexibility index (Phi) is 3.91. The van der Waals surface area contributed by atoms with Crippen molar-refractivity contribution in [2.45, 2.75) is 6.18 Å². The summed E-state index contributed by atoms with van der Waals surface area (Å²) in [4.78, 5) is 15.9. The number of benzene rings is 2. The molecule has 0 atom stereocenters. The first-order valence-electron chi connectivity index (χ1n) is 7.60. The van der Waals surface area contributed by atoms with Gasteiger partial charge in [-0.3, -0.25) is 4.79 Å². The monoisotopic (exact) mass is 376 g/mol. The summed E-state index contributed by atoms with van der Waals surface area (Å²) in [6.07, 6.45) is -4.40. The Morgan fingerprint density at radius 2 is 1.96 bits per heavy atom. The predicted molar refractivity (Wildman–Crippen MR) is 92.1 cm³/mol. The molecule has 0 spiro atoms. The van der Waals surface area contributed by atoms with Gasteiger partial charge in [0.25, 0.3) is 5.91 Å². The summed E-state index contributed by atoms with van der Waals surface area (Å²) in [5, 5.41) is 4.98. The third-order valence-corrected chi connectivity index (χ3v) is 4.74. The maximum absolute atomic E-state index is 12.9. The fourth-order valence-electron chi connectivity index (χ4n) is 2.61. The number of nitrogens with zero attached hydrogens (tertiary/aromatic N) is 1. The van der Waals surface area contributed by atoms with Gasteiger partial charge in [-0.25, -0.2) is 4.98 Å². The summed E-state index contributed by atoms with van der Waals surface area (Å²) in [5.74, 6) is 0.333. The minimum atomic E-state index is -4.40. The number of carbonyl (C=O) groups excluding carboxylic acids is 1. The maximum Gasteiger partial charge on any atom is 0.416 e. The lowest BCUT2D eigenvalue weighted by atomic mass is 10.1. The molecule has 0 saturated heterocycles. The first-order chi connectivity index (χ1) is 12.4. The van der Waals surface area contributed by atoms with Crippen LogP contribution in [0.3, 0.4) is 0 Å². The molecule has 3 aromatic rings. The van der Waals surface area contributed by atoms with E-state index in [9.17, 15) is 18.0 Å². The van der Waals surface area contributed by atoms with Crippen molar-refractivity contribution in [1.29, 1.82) is 0 Å². The van der Waals surface area contributed by atoms with Crippen molar-refractivity contribution in [3.05, 3.63) is 53.4 Å². The third-order valence-electron chi connectivity index (χ3n) is 3.85. The number of alkyl halides is 3. The molecule has 132 valence electrons. The molecule has 8 heteroatoms. The first-order valence-corrected chi connectivity index (χ1v) is 8.48. The number of anilines is 1. The molecule has 1 aliphatic heterocycles. The van der Waals surface area contributed by atoms with Crippen LogP contribution in [0.1, 0.15) is 5.56 Å². The molecular weight excluding hydrogens is 365 g/mol. The highest BCUT2D eigenvalue weighted by Crippen LogP contribution is 2.36. The standard InChI is InChI=1S/C18H11F3N2O2S/c19-18(20,21)12-3-1-2-11(6-12)17-23-14(9-26-17)10-4-5-15-13(7-10)22-16(24)8-25-15/h1-7,9H,8H2,(H,22,24). The summed E-state index contributed by atoms with van der Waals surface area (Å²) in [5.41, 5.74) is 1.60. The highest BCUT2D eigenvalue weighted by Gasteiger charge is 2.30. The first kappa shape index (κ1) is 16.6. The van der Waals surface area contributed by atoms with Gasteiger partial charge in [0, 0.05) is 16.5 Å². The van der Waals surface area contributed by atoms with Crippen LogP contribution in [0.25, 0.3) is 21.8 Å². The Bertz CT molecular complexity index is 998. The van der Waals surface area contributed by atoms with Crippen molar-refractivity contribution in [3.63, 3.8) is 0 Å². The maximum atomic E-state index is 12.9. The van der Waals surface area contributed by atoms with E-state index >= 15 is 0 Å². The summed E-state index contributed by atoms with van der Waals surface area (Å²) in [7, 11) is 0. The molecular formula is C18H11F3N2O2S. The SMILES string of the molecule is O=C1COc2ccc(-c3csc(-c4cccc(C(F)(F)F)c4)n3)cc2N1. The molecule has 1 N–H and O–H groups in total. The molecule has 1 aliphatic rings. The number of nitrogens with one attached hydrogen (secondary N) is 1. The van der Waals surface area contributed by atoms with Crippen LogP contribution in [0.5, 0.6) is 5.75 Å². The van der Waals surface area contributed by atoms with Gasteiger partial charge in [-0.2, -0.15) is 13.2 Å². The van der Waals surface area contributed by atoms with E-state index in [1.807, 2.05) is 0 Å². The van der Waals surface area contributed by atoms with Crippen molar-refractivity contribution in [3.8, 4) is 27.6 Å². The molecule has 1 amide bonds. The molecule has 0 saturated carbocycles. The van der Waals surface area contributed by atoms with E-state index < -0.39 is 11.7 Å². The molecule has 1 aromatic heterocycles. The van der Waals surface area contributed by atoms with E-state index in [-0.39, 0.29) is 12.5 Å². The number of hydrogen-bond acceptors (Lipinski definition) is 4. The zero-order chi connectivity index (χ0) is 18.3. The molecule has 0 radical (unpaired) electrons. The number of amides is 1. The van der Waals surface area contributed by atoms with Crippen LogP contribution in [0, 0.1) is 0 Å². The number of rotatable bonds is 2. The number of aromatic nitrogens is 1. The number of halogens is 3. The largest absolute Gasteiger partial charge is 0.482 e. The van der Waals surface area contributed by atoms with Gasteiger partial charge >= 0.3 is 6.18 Å². The number of hydrogen-bond donors (Lipinski definition) is 1. The Morgan fingerprint density at radius 1 is 1.12 bits per heavy atom. The van der Waals surface area contributed by atoms with E-state index in [0.29, 0.717) is 27.7 Å². The Labute approximate surface area is 150 Å². The van der Waals surface area contributed by atoms with E-state index in [1.165, 1.54) is 17.4 Å². The van der Waals surface area contributed by atoms with Gasteiger partial charge in [0.1, 0.15) is 10.8 Å². The average molecular weight is 376 g/mol. The smallest absolute Gasteiger partial charge is 0.416 e. The second-order valence-corrected chi connectivity index (χ2v) is 6.52. The second kappa shape index (κ2) is 6.14. The van der Waals surface area contributed by atoms with Crippen LogP contribution in [-0.2, 0) is 11.0 Å². The van der Waals surface area contributed by atoms with E-state index in [1.54, 1.807) is 29.6 Å².